The molecule has 0 atom stereocenters. The molecule has 7 heteroatoms. The lowest BCUT2D eigenvalue weighted by atomic mass is 10.1. The Balaban J connectivity index is 1.59. The molecule has 1 fully saturated rings. The van der Waals surface area contributed by atoms with Gasteiger partial charge in [-0.15, -0.1) is 0 Å². The number of amides is 1. The van der Waals surface area contributed by atoms with E-state index in [9.17, 15) is 4.79 Å². The Bertz CT molecular complexity index is 1030. The van der Waals surface area contributed by atoms with Gasteiger partial charge in [-0.25, -0.2) is 4.98 Å². The number of carbonyl (C=O) groups excluding carboxylic acids is 1. The van der Waals surface area contributed by atoms with Gasteiger partial charge in [0.05, 0.1) is 37.6 Å². The molecule has 1 aromatic heterocycles. The van der Waals surface area contributed by atoms with E-state index in [1.54, 1.807) is 19.4 Å². The van der Waals surface area contributed by atoms with Gasteiger partial charge in [0.2, 0.25) is 0 Å². The minimum atomic E-state index is -0.0194. The zero-order chi connectivity index (χ0) is 20.1. The zero-order valence-corrected chi connectivity index (χ0v) is 16.2. The van der Waals surface area contributed by atoms with E-state index in [-0.39, 0.29) is 5.91 Å². The van der Waals surface area contributed by atoms with Crippen LogP contribution >= 0.6 is 0 Å². The summed E-state index contributed by atoms with van der Waals surface area (Å²) in [5.41, 5.74) is 5.22. The predicted octanol–water partition coefficient (Wildman–Crippen LogP) is 3.16. The van der Waals surface area contributed by atoms with Gasteiger partial charge in [0.25, 0.3) is 5.91 Å². The number of hydrogen-bond acceptors (Lipinski definition) is 6. The van der Waals surface area contributed by atoms with Gasteiger partial charge in [-0.2, -0.15) is 5.10 Å². The molecule has 0 spiro atoms. The van der Waals surface area contributed by atoms with Crippen molar-refractivity contribution in [2.45, 2.75) is 0 Å². The number of carbonyl (C=O) groups is 1. The SMILES string of the molecule is COc1ccc(/C=N/Nc2cc(C(=O)N3CCOCC3)c3ccccc3n2)cc1. The first-order chi connectivity index (χ1) is 14.2. The zero-order valence-electron chi connectivity index (χ0n) is 16.2. The number of nitrogens with one attached hydrogen (secondary N) is 1. The van der Waals surface area contributed by atoms with E-state index < -0.39 is 0 Å². The average molecular weight is 390 g/mol. The van der Waals surface area contributed by atoms with E-state index in [1.807, 2.05) is 53.4 Å². The first kappa shape index (κ1) is 18.9. The quantitative estimate of drug-likeness (QED) is 0.535. The molecule has 148 valence electrons. The summed E-state index contributed by atoms with van der Waals surface area (Å²) in [6, 6.07) is 16.9. The van der Waals surface area contributed by atoms with E-state index in [2.05, 4.69) is 15.5 Å². The fourth-order valence-electron chi connectivity index (χ4n) is 3.21. The Morgan fingerprint density at radius 1 is 1.17 bits per heavy atom. The maximum Gasteiger partial charge on any atom is 0.254 e. The third kappa shape index (κ3) is 4.35. The molecule has 0 aliphatic carbocycles. The van der Waals surface area contributed by atoms with Crippen LogP contribution in [0.25, 0.3) is 10.9 Å². The minimum absolute atomic E-state index is 0.0194. The van der Waals surface area contributed by atoms with E-state index in [4.69, 9.17) is 9.47 Å². The van der Waals surface area contributed by atoms with Crippen LogP contribution in [0.1, 0.15) is 15.9 Å². The molecule has 2 aromatic carbocycles. The van der Waals surface area contributed by atoms with Crippen molar-refractivity contribution >= 4 is 28.8 Å². The van der Waals surface area contributed by atoms with E-state index in [1.165, 1.54) is 0 Å². The lowest BCUT2D eigenvalue weighted by molar-refractivity contribution is 0.0304. The highest BCUT2D eigenvalue weighted by atomic mass is 16.5. The summed E-state index contributed by atoms with van der Waals surface area (Å²) < 4.78 is 10.5. The summed E-state index contributed by atoms with van der Waals surface area (Å²) in [6.45, 7) is 2.31. The van der Waals surface area contributed by atoms with Crippen molar-refractivity contribution in [3.05, 3.63) is 65.7 Å². The number of nitrogens with zero attached hydrogens (tertiary/aromatic N) is 3. The van der Waals surface area contributed by atoms with Gasteiger partial charge >= 0.3 is 0 Å². The van der Waals surface area contributed by atoms with Crippen molar-refractivity contribution in [1.82, 2.24) is 9.88 Å². The number of para-hydroxylation sites is 1. The molecule has 3 aromatic rings. The van der Waals surface area contributed by atoms with Gasteiger partial charge in [-0.05, 0) is 42.0 Å². The molecule has 1 aliphatic rings. The molecule has 29 heavy (non-hydrogen) atoms. The number of aromatic nitrogens is 1. The van der Waals surface area contributed by atoms with Crippen molar-refractivity contribution in [3.8, 4) is 5.75 Å². The van der Waals surface area contributed by atoms with Crippen LogP contribution in [0, 0.1) is 0 Å². The topological polar surface area (TPSA) is 76.0 Å². The molecule has 1 aliphatic heterocycles. The standard InChI is InChI=1S/C22H22N4O3/c1-28-17-8-6-16(7-9-17)15-23-25-21-14-19(18-4-2-3-5-20(18)24-21)22(27)26-10-12-29-13-11-26/h2-9,14-15H,10-13H2,1H3,(H,24,25)/b23-15+. The molecule has 0 saturated carbocycles. The number of hydrogen-bond donors (Lipinski definition) is 1. The fraction of sp³-hybridized carbons (Fsp3) is 0.227. The molecule has 0 unspecified atom stereocenters. The predicted molar refractivity (Wildman–Crippen MR) is 113 cm³/mol. The van der Waals surface area contributed by atoms with Gasteiger partial charge in [0.15, 0.2) is 0 Å². The first-order valence-electron chi connectivity index (χ1n) is 9.44. The van der Waals surface area contributed by atoms with Crippen LogP contribution in [0.4, 0.5) is 5.82 Å². The van der Waals surface area contributed by atoms with Crippen LogP contribution in [0.3, 0.4) is 0 Å². The van der Waals surface area contributed by atoms with Crippen LogP contribution in [-0.4, -0.2) is 55.4 Å². The van der Waals surface area contributed by atoms with E-state index >= 15 is 0 Å². The Kier molecular flexibility index (Phi) is 5.67. The van der Waals surface area contributed by atoms with E-state index in [0.717, 1.165) is 22.2 Å². The summed E-state index contributed by atoms with van der Waals surface area (Å²) in [5, 5.41) is 5.09. The van der Waals surface area contributed by atoms with Crippen molar-refractivity contribution in [2.24, 2.45) is 5.10 Å². The summed E-state index contributed by atoms with van der Waals surface area (Å²) in [4.78, 5) is 19.5. The Hall–Kier alpha value is -3.45. The average Bonchev–Trinajstić information content (AvgIpc) is 2.79. The first-order valence-corrected chi connectivity index (χ1v) is 9.44. The Morgan fingerprint density at radius 2 is 1.93 bits per heavy atom. The summed E-state index contributed by atoms with van der Waals surface area (Å²) >= 11 is 0. The fourth-order valence-corrected chi connectivity index (χ4v) is 3.21. The van der Waals surface area contributed by atoms with Crippen molar-refractivity contribution in [2.75, 3.05) is 38.8 Å². The number of hydrazone groups is 1. The number of benzene rings is 2. The van der Waals surface area contributed by atoms with Gasteiger partial charge in [-0.1, -0.05) is 18.2 Å². The molecule has 4 rings (SSSR count). The largest absolute Gasteiger partial charge is 0.497 e. The van der Waals surface area contributed by atoms with Crippen LogP contribution in [0.5, 0.6) is 5.75 Å². The molecule has 7 nitrogen and oxygen atoms in total. The molecule has 2 heterocycles. The van der Waals surface area contributed by atoms with Crippen molar-refractivity contribution in [3.63, 3.8) is 0 Å². The molecule has 1 saturated heterocycles. The van der Waals surface area contributed by atoms with Gasteiger partial charge in [0.1, 0.15) is 11.6 Å². The maximum absolute atomic E-state index is 13.1. The highest BCUT2D eigenvalue weighted by Gasteiger charge is 2.21. The number of morpholine rings is 1. The summed E-state index contributed by atoms with van der Waals surface area (Å²) in [5.74, 6) is 1.29. The third-order valence-electron chi connectivity index (χ3n) is 4.75. The smallest absolute Gasteiger partial charge is 0.254 e. The minimum Gasteiger partial charge on any atom is -0.497 e. The van der Waals surface area contributed by atoms with Gasteiger partial charge < -0.3 is 14.4 Å². The Labute approximate surface area is 169 Å². The number of rotatable bonds is 5. The maximum atomic E-state index is 13.1. The second kappa shape index (κ2) is 8.70. The molecule has 0 bridgehead atoms. The summed E-state index contributed by atoms with van der Waals surface area (Å²) in [7, 11) is 1.63. The second-order valence-corrected chi connectivity index (χ2v) is 6.62. The van der Waals surface area contributed by atoms with Gasteiger partial charge in [-0.3, -0.25) is 10.2 Å². The molecule has 1 N–H and O–H groups in total. The summed E-state index contributed by atoms with van der Waals surface area (Å²) in [6.07, 6.45) is 1.69. The van der Waals surface area contributed by atoms with Crippen molar-refractivity contribution < 1.29 is 14.3 Å². The highest BCUT2D eigenvalue weighted by molar-refractivity contribution is 6.07. The number of pyridine rings is 1. The Morgan fingerprint density at radius 3 is 2.69 bits per heavy atom. The number of fused-ring (bicyclic) bond motifs is 1. The van der Waals surface area contributed by atoms with Crippen LogP contribution in [0.15, 0.2) is 59.7 Å². The van der Waals surface area contributed by atoms with Gasteiger partial charge in [0, 0.05) is 18.5 Å². The van der Waals surface area contributed by atoms with Crippen LogP contribution in [-0.2, 0) is 4.74 Å². The van der Waals surface area contributed by atoms with Crippen LogP contribution in [0.2, 0.25) is 0 Å². The van der Waals surface area contributed by atoms with Crippen LogP contribution < -0.4 is 10.2 Å². The second-order valence-electron chi connectivity index (χ2n) is 6.62. The lowest BCUT2D eigenvalue weighted by Gasteiger charge is -2.27. The molecular formula is C22H22N4O3. The molecule has 0 radical (unpaired) electrons. The number of anilines is 1. The number of methoxy groups -OCH3 is 1. The third-order valence-corrected chi connectivity index (χ3v) is 4.75. The van der Waals surface area contributed by atoms with E-state index in [0.29, 0.717) is 37.7 Å². The highest BCUT2D eigenvalue weighted by Crippen LogP contribution is 2.23. The molecular weight excluding hydrogens is 368 g/mol. The molecule has 1 amide bonds. The normalized spacial score (nSPS) is 14.3. The lowest BCUT2D eigenvalue weighted by Crippen LogP contribution is -2.40. The monoisotopic (exact) mass is 390 g/mol. The van der Waals surface area contributed by atoms with Crippen molar-refractivity contribution in [1.29, 1.82) is 0 Å². The number of ether oxygens (including phenoxy) is 2.